The molecule has 1 heterocycles. The summed E-state index contributed by atoms with van der Waals surface area (Å²) in [5.74, 6) is 0. The van der Waals surface area contributed by atoms with Crippen molar-refractivity contribution in [3.8, 4) is 0 Å². The minimum absolute atomic E-state index is 0.0916. The van der Waals surface area contributed by atoms with Crippen molar-refractivity contribution in [2.24, 2.45) is 0 Å². The average Bonchev–Trinajstić information content (AvgIpc) is 2.48. The van der Waals surface area contributed by atoms with Crippen molar-refractivity contribution >= 4 is 24.0 Å². The molecule has 3 aromatic rings. The van der Waals surface area contributed by atoms with Crippen LogP contribution in [0.15, 0.2) is 60.7 Å². The standard InChI is InChI=1S/C19H17P/c1-14-10-15-6-5-7-16-12-20(13-17(11-14)19(15)16)18-8-3-2-4-9-18/h2-11H,12-13H2,1H3. The third kappa shape index (κ3) is 1.96. The van der Waals surface area contributed by atoms with Crippen molar-refractivity contribution in [2.75, 3.05) is 0 Å². The fraction of sp³-hybridized carbons (Fsp3) is 0.158. The van der Waals surface area contributed by atoms with Crippen LogP contribution in [-0.4, -0.2) is 0 Å². The Morgan fingerprint density at radius 3 is 2.45 bits per heavy atom. The van der Waals surface area contributed by atoms with Gasteiger partial charge in [0.2, 0.25) is 0 Å². The summed E-state index contributed by atoms with van der Waals surface area (Å²) in [7, 11) is -0.0916. The lowest BCUT2D eigenvalue weighted by molar-refractivity contribution is 1.29. The molecule has 1 atom stereocenters. The van der Waals surface area contributed by atoms with Gasteiger partial charge in [-0.1, -0.05) is 74.1 Å². The third-order valence-corrected chi connectivity index (χ3v) is 6.61. The van der Waals surface area contributed by atoms with Crippen LogP contribution in [0.2, 0.25) is 0 Å². The first-order chi connectivity index (χ1) is 9.81. The molecule has 0 nitrogen and oxygen atoms in total. The minimum Gasteiger partial charge on any atom is -0.0663 e. The molecule has 20 heavy (non-hydrogen) atoms. The summed E-state index contributed by atoms with van der Waals surface area (Å²) in [5, 5.41) is 4.47. The van der Waals surface area contributed by atoms with Crippen LogP contribution < -0.4 is 5.30 Å². The first kappa shape index (κ1) is 12.1. The fourth-order valence-corrected chi connectivity index (χ4v) is 5.72. The van der Waals surface area contributed by atoms with E-state index in [9.17, 15) is 0 Å². The molecule has 1 aliphatic heterocycles. The average molecular weight is 276 g/mol. The van der Waals surface area contributed by atoms with Gasteiger partial charge < -0.3 is 0 Å². The van der Waals surface area contributed by atoms with Gasteiger partial charge in [-0.2, -0.15) is 0 Å². The summed E-state index contributed by atoms with van der Waals surface area (Å²) < 4.78 is 0. The van der Waals surface area contributed by atoms with Crippen molar-refractivity contribution in [3.05, 3.63) is 77.4 Å². The Balaban J connectivity index is 1.87. The molecule has 0 aromatic heterocycles. The molecule has 3 aromatic carbocycles. The molecular formula is C19H17P. The minimum atomic E-state index is -0.0916. The Kier molecular flexibility index (Phi) is 2.86. The zero-order valence-electron chi connectivity index (χ0n) is 11.6. The van der Waals surface area contributed by atoms with Gasteiger partial charge in [0.1, 0.15) is 0 Å². The van der Waals surface area contributed by atoms with E-state index in [1.165, 1.54) is 34.0 Å². The van der Waals surface area contributed by atoms with Gasteiger partial charge in [0, 0.05) is 0 Å². The van der Waals surface area contributed by atoms with E-state index in [0.29, 0.717) is 0 Å². The molecule has 0 spiro atoms. The number of hydrogen-bond acceptors (Lipinski definition) is 0. The largest absolute Gasteiger partial charge is 0.0663 e. The molecule has 0 aliphatic carbocycles. The summed E-state index contributed by atoms with van der Waals surface area (Å²) in [5.41, 5.74) is 4.48. The highest BCUT2D eigenvalue weighted by Crippen LogP contribution is 2.49. The van der Waals surface area contributed by atoms with Gasteiger partial charge in [0.25, 0.3) is 0 Å². The van der Waals surface area contributed by atoms with Crippen molar-refractivity contribution in [2.45, 2.75) is 19.2 Å². The lowest BCUT2D eigenvalue weighted by Crippen LogP contribution is -2.09. The Morgan fingerprint density at radius 1 is 0.800 bits per heavy atom. The van der Waals surface area contributed by atoms with E-state index < -0.39 is 0 Å². The SMILES string of the molecule is Cc1cc2c3c(cccc3c1)CP(c1ccccc1)C2. The quantitative estimate of drug-likeness (QED) is 0.550. The molecule has 4 rings (SSSR count). The molecule has 1 aliphatic rings. The summed E-state index contributed by atoms with van der Waals surface area (Å²) in [6, 6.07) is 22.5. The van der Waals surface area contributed by atoms with Crippen LogP contribution in [0.5, 0.6) is 0 Å². The number of aryl methyl sites for hydroxylation is 1. The first-order valence-corrected chi connectivity index (χ1v) is 8.83. The monoisotopic (exact) mass is 276 g/mol. The summed E-state index contributed by atoms with van der Waals surface area (Å²) >= 11 is 0. The number of hydrogen-bond donors (Lipinski definition) is 0. The van der Waals surface area contributed by atoms with Gasteiger partial charge in [-0.15, -0.1) is 0 Å². The summed E-state index contributed by atoms with van der Waals surface area (Å²) in [6.45, 7) is 2.21. The lowest BCUT2D eigenvalue weighted by atomic mass is 9.98. The molecule has 0 fully saturated rings. The summed E-state index contributed by atoms with van der Waals surface area (Å²) in [6.07, 6.45) is 2.46. The molecule has 0 N–H and O–H groups in total. The highest BCUT2D eigenvalue weighted by atomic mass is 31.1. The summed E-state index contributed by atoms with van der Waals surface area (Å²) in [4.78, 5) is 0. The van der Waals surface area contributed by atoms with E-state index in [4.69, 9.17) is 0 Å². The maximum atomic E-state index is 2.39. The second-order valence-electron chi connectivity index (χ2n) is 5.63. The maximum absolute atomic E-state index is 2.39. The van der Waals surface area contributed by atoms with E-state index >= 15 is 0 Å². The molecule has 1 heteroatoms. The zero-order chi connectivity index (χ0) is 13.5. The lowest BCUT2D eigenvalue weighted by Gasteiger charge is -2.26. The molecule has 0 bridgehead atoms. The molecule has 98 valence electrons. The van der Waals surface area contributed by atoms with E-state index in [1.807, 2.05) is 0 Å². The Morgan fingerprint density at radius 2 is 1.60 bits per heavy atom. The second kappa shape index (κ2) is 4.72. The van der Waals surface area contributed by atoms with Crippen molar-refractivity contribution in [1.82, 2.24) is 0 Å². The van der Waals surface area contributed by atoms with Crippen LogP contribution in [0, 0.1) is 6.92 Å². The van der Waals surface area contributed by atoms with Gasteiger partial charge in [-0.05, 0) is 46.5 Å². The van der Waals surface area contributed by atoms with E-state index in [0.717, 1.165) is 0 Å². The van der Waals surface area contributed by atoms with Crippen LogP contribution in [0.25, 0.3) is 10.8 Å². The first-order valence-electron chi connectivity index (χ1n) is 7.12. The fourth-order valence-electron chi connectivity index (χ4n) is 3.31. The van der Waals surface area contributed by atoms with Gasteiger partial charge in [0.15, 0.2) is 0 Å². The van der Waals surface area contributed by atoms with Gasteiger partial charge in [0.05, 0.1) is 0 Å². The van der Waals surface area contributed by atoms with Crippen LogP contribution in [0.1, 0.15) is 16.7 Å². The molecular weight excluding hydrogens is 259 g/mol. The molecule has 0 saturated heterocycles. The number of rotatable bonds is 1. The zero-order valence-corrected chi connectivity index (χ0v) is 12.5. The Bertz CT molecular complexity index is 774. The Hall–Kier alpha value is -1.65. The Labute approximate surface area is 121 Å². The molecule has 1 unspecified atom stereocenters. The molecule has 0 radical (unpaired) electrons. The van der Waals surface area contributed by atoms with E-state index in [-0.39, 0.29) is 7.92 Å². The van der Waals surface area contributed by atoms with Gasteiger partial charge in [-0.3, -0.25) is 0 Å². The van der Waals surface area contributed by atoms with E-state index in [1.54, 1.807) is 11.1 Å². The van der Waals surface area contributed by atoms with Crippen LogP contribution in [0.4, 0.5) is 0 Å². The van der Waals surface area contributed by atoms with E-state index in [2.05, 4.69) is 67.6 Å². The predicted octanol–water partition coefficient (Wildman–Crippen LogP) is 4.97. The molecule has 0 amide bonds. The van der Waals surface area contributed by atoms with Gasteiger partial charge in [-0.25, -0.2) is 0 Å². The van der Waals surface area contributed by atoms with Crippen LogP contribution >= 0.6 is 7.92 Å². The van der Waals surface area contributed by atoms with Crippen LogP contribution in [-0.2, 0) is 12.3 Å². The van der Waals surface area contributed by atoms with Crippen LogP contribution in [0.3, 0.4) is 0 Å². The topological polar surface area (TPSA) is 0 Å². The third-order valence-electron chi connectivity index (χ3n) is 4.13. The smallest absolute Gasteiger partial charge is 0.00234 e. The normalized spacial score (nSPS) is 17.4. The molecule has 0 saturated carbocycles. The van der Waals surface area contributed by atoms with Crippen molar-refractivity contribution < 1.29 is 0 Å². The predicted molar refractivity (Wildman–Crippen MR) is 89.1 cm³/mol. The maximum Gasteiger partial charge on any atom is -0.00234 e. The van der Waals surface area contributed by atoms with Crippen molar-refractivity contribution in [1.29, 1.82) is 0 Å². The van der Waals surface area contributed by atoms with Gasteiger partial charge >= 0.3 is 0 Å². The highest BCUT2D eigenvalue weighted by molar-refractivity contribution is 7.64. The van der Waals surface area contributed by atoms with Crippen molar-refractivity contribution in [3.63, 3.8) is 0 Å². The number of benzene rings is 3. The highest BCUT2D eigenvalue weighted by Gasteiger charge is 2.21. The second-order valence-corrected chi connectivity index (χ2v) is 7.86.